The van der Waals surface area contributed by atoms with Gasteiger partial charge in [-0.3, -0.25) is 50.0 Å². The topological polar surface area (TPSA) is 307 Å². The Kier molecular flexibility index (Phi) is 32.3. The van der Waals surface area contributed by atoms with Gasteiger partial charge in [-0.15, -0.1) is 0 Å². The third-order valence-electron chi connectivity index (χ3n) is 15.4. The smallest absolute Gasteiger partial charge is 0.414 e. The molecule has 8 N–H and O–H groups in total. The van der Waals surface area contributed by atoms with Gasteiger partial charge in [-0.25, -0.2) is 9.59 Å². The van der Waals surface area contributed by atoms with E-state index in [9.17, 15) is 28.8 Å². The third kappa shape index (κ3) is 29.7. The molecular formula is C76H96N8O16. The van der Waals surface area contributed by atoms with Crippen LogP contribution in [0.25, 0.3) is 0 Å². The number of benzene rings is 6. The summed E-state index contributed by atoms with van der Waals surface area (Å²) in [5.41, 5.74) is 2.86. The minimum atomic E-state index is -1.47. The number of carbonyl (C=O) groups is 8. The van der Waals surface area contributed by atoms with Crippen molar-refractivity contribution in [3.63, 3.8) is 0 Å². The second-order valence-electron chi connectivity index (χ2n) is 26.2. The van der Waals surface area contributed by atoms with Crippen LogP contribution in [0, 0.1) is 0 Å². The van der Waals surface area contributed by atoms with Gasteiger partial charge < -0.3 is 59.2 Å². The summed E-state index contributed by atoms with van der Waals surface area (Å²) in [7, 11) is 0. The molecule has 24 heteroatoms. The molecule has 0 saturated heterocycles. The molecule has 0 aliphatic heterocycles. The highest BCUT2D eigenvalue weighted by Crippen LogP contribution is 2.21. The van der Waals surface area contributed by atoms with E-state index < -0.39 is 107 Å². The fourth-order valence-corrected chi connectivity index (χ4v) is 10.5. The standard InChI is InChI=1S/C76H96N8O16/c1-75(2,3)99-73(91)83-71(89)65(51-97-45-57-35-21-11-22-36-57)81-69(87)63(49-95-43-55-31-17-9-18-32-55)79-67(85)61(47-93-41-53-27-13-7-14-28-53)77-59-39-25-26-40-60(59)78-62(48-94-42-54-29-15-8-16-30-54)68(86)80-64(50-96-44-56-33-19-10-20-34-56)70(88)82-66(52-98-46-58-37-23-12-24-38-58)72(90)84-74(92)100-76(4,5)6/h7-24,27-38,59-66,77-78H,25-26,39-52H2,1-6H3,(H,79,85)(H,80,86)(H,81,87)(H,82,88)(H,83,89,91)(H,84,90,92)/t59-,60-,61+,62+,63-,64-,65+,66+/m1/s1. The monoisotopic (exact) mass is 1380 g/mol. The van der Waals surface area contributed by atoms with Crippen molar-refractivity contribution in [1.29, 1.82) is 0 Å². The first kappa shape index (κ1) is 78.1. The molecule has 0 unspecified atom stereocenters. The molecule has 24 nitrogen and oxygen atoms in total. The summed E-state index contributed by atoms with van der Waals surface area (Å²) in [6.07, 6.45) is 0.334. The zero-order valence-corrected chi connectivity index (χ0v) is 57.8. The maximum atomic E-state index is 15.2. The van der Waals surface area contributed by atoms with E-state index >= 15 is 9.59 Å². The highest BCUT2D eigenvalue weighted by molar-refractivity contribution is 5.99. The molecule has 8 atom stereocenters. The molecule has 1 aliphatic rings. The number of nitrogens with one attached hydrogen (secondary N) is 8. The van der Waals surface area contributed by atoms with Crippen molar-refractivity contribution in [2.45, 2.75) is 166 Å². The molecule has 1 aliphatic carbocycles. The number of alkyl carbamates (subject to hydrolysis) is 2. The van der Waals surface area contributed by atoms with Crippen LogP contribution in [0.4, 0.5) is 9.59 Å². The van der Waals surface area contributed by atoms with E-state index in [0.717, 1.165) is 33.4 Å². The van der Waals surface area contributed by atoms with Gasteiger partial charge in [0.25, 0.3) is 11.8 Å². The second kappa shape index (κ2) is 41.4. The summed E-state index contributed by atoms with van der Waals surface area (Å²) in [4.78, 5) is 114. The lowest BCUT2D eigenvalue weighted by Crippen LogP contribution is -2.64. The van der Waals surface area contributed by atoms with E-state index in [-0.39, 0.29) is 79.3 Å². The van der Waals surface area contributed by atoms with Gasteiger partial charge in [-0.1, -0.05) is 195 Å². The lowest BCUT2D eigenvalue weighted by Gasteiger charge is -2.37. The number of hydrogen-bond acceptors (Lipinski definition) is 18. The van der Waals surface area contributed by atoms with Crippen molar-refractivity contribution in [2.24, 2.45) is 0 Å². The molecule has 1 fully saturated rings. The van der Waals surface area contributed by atoms with E-state index in [1.807, 2.05) is 182 Å². The van der Waals surface area contributed by atoms with Crippen LogP contribution in [0.5, 0.6) is 0 Å². The minimum absolute atomic E-state index is 0.0497. The fraction of sp³-hybridized carbons (Fsp3) is 0.421. The third-order valence-corrected chi connectivity index (χ3v) is 15.4. The van der Waals surface area contributed by atoms with Crippen molar-refractivity contribution in [3.05, 3.63) is 215 Å². The van der Waals surface area contributed by atoms with E-state index in [1.54, 1.807) is 41.5 Å². The Morgan fingerprint density at radius 1 is 0.310 bits per heavy atom. The highest BCUT2D eigenvalue weighted by atomic mass is 16.6. The highest BCUT2D eigenvalue weighted by Gasteiger charge is 2.37. The summed E-state index contributed by atoms with van der Waals surface area (Å²) in [5, 5.41) is 22.6. The van der Waals surface area contributed by atoms with E-state index in [2.05, 4.69) is 42.5 Å². The normalized spacial score (nSPS) is 15.6. The molecule has 6 aromatic rings. The second-order valence-corrected chi connectivity index (χ2v) is 26.2. The Balaban J connectivity index is 1.15. The Labute approximate surface area is 585 Å². The number of imide groups is 2. The summed E-state index contributed by atoms with van der Waals surface area (Å²) < 4.78 is 47.5. The largest absolute Gasteiger partial charge is 0.444 e. The van der Waals surface area contributed by atoms with Gasteiger partial charge in [0, 0.05) is 12.1 Å². The predicted octanol–water partition coefficient (Wildman–Crippen LogP) is 7.56. The molecule has 100 heavy (non-hydrogen) atoms. The molecule has 536 valence electrons. The molecule has 0 spiro atoms. The van der Waals surface area contributed by atoms with Crippen molar-refractivity contribution >= 4 is 47.6 Å². The fourth-order valence-electron chi connectivity index (χ4n) is 10.5. The first-order valence-corrected chi connectivity index (χ1v) is 33.6. The summed E-state index contributed by atoms with van der Waals surface area (Å²) >= 11 is 0. The minimum Gasteiger partial charge on any atom is -0.444 e. The van der Waals surface area contributed by atoms with Crippen LogP contribution in [-0.4, -0.2) is 147 Å². The Hall–Kier alpha value is -9.24. The molecular weight excluding hydrogens is 1280 g/mol. The number of ether oxygens (including phenoxy) is 8. The maximum Gasteiger partial charge on any atom is 0.414 e. The van der Waals surface area contributed by atoms with Crippen LogP contribution in [0.1, 0.15) is 101 Å². The molecule has 8 amide bonds. The Morgan fingerprint density at radius 2 is 0.510 bits per heavy atom. The van der Waals surface area contributed by atoms with Gasteiger partial charge in [0.2, 0.25) is 23.6 Å². The number of hydrogen-bond donors (Lipinski definition) is 8. The maximum absolute atomic E-state index is 15.2. The first-order valence-electron chi connectivity index (χ1n) is 33.6. The van der Waals surface area contributed by atoms with Crippen molar-refractivity contribution in [2.75, 3.05) is 39.6 Å². The summed E-state index contributed by atoms with van der Waals surface area (Å²) in [6, 6.07) is 46.1. The summed E-state index contributed by atoms with van der Waals surface area (Å²) in [5.74, 6) is -4.90. The van der Waals surface area contributed by atoms with Gasteiger partial charge in [0.1, 0.15) is 47.5 Å². The van der Waals surface area contributed by atoms with Gasteiger partial charge in [0.15, 0.2) is 0 Å². The Morgan fingerprint density at radius 3 is 0.730 bits per heavy atom. The van der Waals surface area contributed by atoms with Gasteiger partial charge in [-0.05, 0) is 87.8 Å². The van der Waals surface area contributed by atoms with Gasteiger partial charge in [0.05, 0.1) is 79.3 Å². The van der Waals surface area contributed by atoms with Crippen molar-refractivity contribution in [3.8, 4) is 0 Å². The summed E-state index contributed by atoms with van der Waals surface area (Å²) in [6.45, 7) is 8.31. The van der Waals surface area contributed by atoms with Gasteiger partial charge >= 0.3 is 12.2 Å². The average Bonchev–Trinajstić information content (AvgIpc) is 0.845. The zero-order valence-electron chi connectivity index (χ0n) is 57.8. The van der Waals surface area contributed by atoms with Crippen molar-refractivity contribution in [1.82, 2.24) is 42.5 Å². The molecule has 7 rings (SSSR count). The molecule has 6 aromatic carbocycles. The predicted molar refractivity (Wildman–Crippen MR) is 373 cm³/mol. The number of carbonyl (C=O) groups excluding carboxylic acids is 8. The lowest BCUT2D eigenvalue weighted by atomic mass is 9.89. The van der Waals surface area contributed by atoms with Crippen LogP contribution >= 0.6 is 0 Å². The Bertz CT molecular complexity index is 3230. The number of rotatable bonds is 38. The molecule has 0 aromatic heterocycles. The van der Waals surface area contributed by atoms with Crippen LogP contribution < -0.4 is 42.5 Å². The molecule has 0 bridgehead atoms. The number of amides is 8. The van der Waals surface area contributed by atoms with Crippen LogP contribution in [0.2, 0.25) is 0 Å². The van der Waals surface area contributed by atoms with E-state index in [4.69, 9.17) is 37.9 Å². The van der Waals surface area contributed by atoms with E-state index in [1.165, 1.54) is 0 Å². The van der Waals surface area contributed by atoms with Crippen LogP contribution in [0.3, 0.4) is 0 Å². The first-order chi connectivity index (χ1) is 48.1. The van der Waals surface area contributed by atoms with Crippen LogP contribution in [-0.2, 0) is 106 Å². The zero-order chi connectivity index (χ0) is 71.5. The quantitative estimate of drug-likeness (QED) is 0.0185. The van der Waals surface area contributed by atoms with Crippen LogP contribution in [0.15, 0.2) is 182 Å². The SMILES string of the molecule is CC(C)(C)OC(=O)NC(=O)[C@H](COCc1ccccc1)NC(=O)[C@@H](COCc1ccccc1)NC(=O)[C@H](COCc1ccccc1)N[C@@H]1CCCC[C@H]1N[C@@H](COCc1ccccc1)C(=O)N[C@H](COCc1ccccc1)C(=O)N[C@@H](COCc1ccccc1)C(=O)NC(=O)OC(C)(C)C. The van der Waals surface area contributed by atoms with Gasteiger partial charge in [-0.2, -0.15) is 0 Å². The van der Waals surface area contributed by atoms with Crippen molar-refractivity contribution < 1.29 is 76.3 Å². The van der Waals surface area contributed by atoms with E-state index in [0.29, 0.717) is 25.7 Å². The molecule has 0 heterocycles. The lowest BCUT2D eigenvalue weighted by molar-refractivity contribution is -0.136. The molecule has 1 saturated carbocycles. The average molecular weight is 1380 g/mol. The molecule has 0 radical (unpaired) electrons.